The third-order valence-electron chi connectivity index (χ3n) is 3.10. The standard InChI is InChI=1S/C12H20N2O4S/c1-8-6-14(7-12(4,5)17-8)19(15,16)11-9(2)13-18-10(11)3/h8H,6-7H2,1-5H3. The average Bonchev–Trinajstić information content (AvgIpc) is 2.55. The Morgan fingerprint density at radius 2 is 2.00 bits per heavy atom. The summed E-state index contributed by atoms with van der Waals surface area (Å²) in [6.45, 7) is 9.56. The zero-order chi connectivity index (χ0) is 14.4. The molecule has 2 rings (SSSR count). The van der Waals surface area contributed by atoms with Gasteiger partial charge in [-0.1, -0.05) is 5.16 Å². The maximum atomic E-state index is 12.7. The Morgan fingerprint density at radius 3 is 2.47 bits per heavy atom. The maximum Gasteiger partial charge on any atom is 0.248 e. The molecule has 7 heteroatoms. The van der Waals surface area contributed by atoms with Crippen LogP contribution in [0.1, 0.15) is 32.2 Å². The lowest BCUT2D eigenvalue weighted by atomic mass is 10.1. The number of aromatic nitrogens is 1. The molecule has 2 heterocycles. The molecular formula is C12H20N2O4S. The van der Waals surface area contributed by atoms with E-state index < -0.39 is 15.6 Å². The number of rotatable bonds is 2. The van der Waals surface area contributed by atoms with Gasteiger partial charge in [-0.3, -0.25) is 0 Å². The molecule has 1 saturated heterocycles. The second kappa shape index (κ2) is 4.57. The molecule has 1 unspecified atom stereocenters. The van der Waals surface area contributed by atoms with Crippen molar-refractivity contribution in [1.29, 1.82) is 0 Å². The van der Waals surface area contributed by atoms with Gasteiger partial charge in [0.2, 0.25) is 10.0 Å². The van der Waals surface area contributed by atoms with Crippen molar-refractivity contribution in [3.63, 3.8) is 0 Å². The topological polar surface area (TPSA) is 72.6 Å². The van der Waals surface area contributed by atoms with Crippen LogP contribution < -0.4 is 0 Å². The Kier molecular flexibility index (Phi) is 3.49. The first kappa shape index (κ1) is 14.5. The zero-order valence-electron chi connectivity index (χ0n) is 11.9. The van der Waals surface area contributed by atoms with Gasteiger partial charge in [-0.15, -0.1) is 0 Å². The van der Waals surface area contributed by atoms with Crippen LogP contribution in [0.2, 0.25) is 0 Å². The highest BCUT2D eigenvalue weighted by molar-refractivity contribution is 7.89. The smallest absolute Gasteiger partial charge is 0.248 e. The van der Waals surface area contributed by atoms with E-state index in [9.17, 15) is 8.42 Å². The van der Waals surface area contributed by atoms with E-state index in [2.05, 4.69) is 5.16 Å². The lowest BCUT2D eigenvalue weighted by Gasteiger charge is -2.40. The highest BCUT2D eigenvalue weighted by Gasteiger charge is 2.40. The summed E-state index contributed by atoms with van der Waals surface area (Å²) >= 11 is 0. The fourth-order valence-electron chi connectivity index (χ4n) is 2.55. The van der Waals surface area contributed by atoms with Gasteiger partial charge in [0, 0.05) is 13.1 Å². The summed E-state index contributed by atoms with van der Waals surface area (Å²) in [5, 5.41) is 3.72. The van der Waals surface area contributed by atoms with Crippen LogP contribution >= 0.6 is 0 Å². The molecule has 1 aliphatic rings. The lowest BCUT2D eigenvalue weighted by molar-refractivity contribution is -0.109. The van der Waals surface area contributed by atoms with Crippen LogP contribution in [0.3, 0.4) is 0 Å². The normalized spacial score (nSPS) is 24.6. The summed E-state index contributed by atoms with van der Waals surface area (Å²) in [6, 6.07) is 0. The van der Waals surface area contributed by atoms with Gasteiger partial charge < -0.3 is 9.26 Å². The van der Waals surface area contributed by atoms with Gasteiger partial charge in [0.1, 0.15) is 10.6 Å². The fourth-order valence-corrected chi connectivity index (χ4v) is 4.51. The van der Waals surface area contributed by atoms with Crippen LogP contribution in [0.25, 0.3) is 0 Å². The Hall–Kier alpha value is -0.920. The number of hydrogen-bond acceptors (Lipinski definition) is 5. The highest BCUT2D eigenvalue weighted by atomic mass is 32.2. The van der Waals surface area contributed by atoms with E-state index in [0.717, 1.165) is 0 Å². The van der Waals surface area contributed by atoms with Crippen molar-refractivity contribution in [2.45, 2.75) is 51.2 Å². The SMILES string of the molecule is Cc1noc(C)c1S(=O)(=O)N1CC(C)OC(C)(C)C1. The Balaban J connectivity index is 2.40. The summed E-state index contributed by atoms with van der Waals surface area (Å²) in [7, 11) is -3.59. The molecule has 0 spiro atoms. The van der Waals surface area contributed by atoms with E-state index in [4.69, 9.17) is 9.26 Å². The molecule has 1 aromatic rings. The fraction of sp³-hybridized carbons (Fsp3) is 0.750. The molecule has 0 amide bonds. The Bertz CT molecular complexity index is 557. The number of nitrogens with zero attached hydrogens (tertiary/aromatic N) is 2. The van der Waals surface area contributed by atoms with Crippen molar-refractivity contribution >= 4 is 10.0 Å². The summed E-state index contributed by atoms with van der Waals surface area (Å²) in [6.07, 6.45) is -0.140. The van der Waals surface area contributed by atoms with Crippen molar-refractivity contribution < 1.29 is 17.7 Å². The van der Waals surface area contributed by atoms with Crippen LogP contribution in [-0.4, -0.2) is 42.7 Å². The first-order valence-electron chi connectivity index (χ1n) is 6.24. The minimum Gasteiger partial charge on any atom is -0.370 e. The second-order valence-electron chi connectivity index (χ2n) is 5.64. The first-order chi connectivity index (χ1) is 8.63. The van der Waals surface area contributed by atoms with Crippen LogP contribution in [0.5, 0.6) is 0 Å². The second-order valence-corrected chi connectivity index (χ2v) is 7.51. The van der Waals surface area contributed by atoms with Crippen molar-refractivity contribution in [2.75, 3.05) is 13.1 Å². The van der Waals surface area contributed by atoms with E-state index in [1.165, 1.54) is 4.31 Å². The first-order valence-corrected chi connectivity index (χ1v) is 7.68. The van der Waals surface area contributed by atoms with Crippen LogP contribution in [-0.2, 0) is 14.8 Å². The van der Waals surface area contributed by atoms with Gasteiger partial charge in [0.15, 0.2) is 5.76 Å². The number of hydrogen-bond donors (Lipinski definition) is 0. The van der Waals surface area contributed by atoms with Crippen molar-refractivity contribution in [1.82, 2.24) is 9.46 Å². The van der Waals surface area contributed by atoms with E-state index >= 15 is 0 Å². The van der Waals surface area contributed by atoms with E-state index in [1.54, 1.807) is 13.8 Å². The van der Waals surface area contributed by atoms with E-state index in [1.807, 2.05) is 20.8 Å². The largest absolute Gasteiger partial charge is 0.370 e. The molecule has 0 N–H and O–H groups in total. The van der Waals surface area contributed by atoms with E-state index in [-0.39, 0.29) is 11.0 Å². The summed E-state index contributed by atoms with van der Waals surface area (Å²) in [5.41, 5.74) is -0.0987. The van der Waals surface area contributed by atoms with Crippen LogP contribution in [0.4, 0.5) is 0 Å². The third kappa shape index (κ3) is 2.68. The molecule has 1 aliphatic heterocycles. The third-order valence-corrected chi connectivity index (χ3v) is 5.16. The minimum absolute atomic E-state index is 0.140. The molecular weight excluding hydrogens is 268 g/mol. The van der Waals surface area contributed by atoms with Crippen molar-refractivity contribution in [3.8, 4) is 0 Å². The van der Waals surface area contributed by atoms with Gasteiger partial charge in [0.05, 0.1) is 11.7 Å². The van der Waals surface area contributed by atoms with Crippen molar-refractivity contribution in [2.24, 2.45) is 0 Å². The molecule has 6 nitrogen and oxygen atoms in total. The van der Waals surface area contributed by atoms with Gasteiger partial charge in [0.25, 0.3) is 0 Å². The lowest BCUT2D eigenvalue weighted by Crippen LogP contribution is -2.53. The average molecular weight is 288 g/mol. The quantitative estimate of drug-likeness (QED) is 0.824. The number of ether oxygens (including phenoxy) is 1. The molecule has 0 aliphatic carbocycles. The molecule has 1 fully saturated rings. The summed E-state index contributed by atoms with van der Waals surface area (Å²) in [4.78, 5) is 0.178. The predicted octanol–water partition coefficient (Wildman–Crippen LogP) is 1.48. The monoisotopic (exact) mass is 288 g/mol. The van der Waals surface area contributed by atoms with Gasteiger partial charge in [-0.2, -0.15) is 4.31 Å². The number of sulfonamides is 1. The molecule has 1 atom stereocenters. The highest BCUT2D eigenvalue weighted by Crippen LogP contribution is 2.29. The Morgan fingerprint density at radius 1 is 1.37 bits per heavy atom. The van der Waals surface area contributed by atoms with Crippen LogP contribution in [0.15, 0.2) is 9.42 Å². The number of morpholine rings is 1. The number of aryl methyl sites for hydroxylation is 2. The van der Waals surface area contributed by atoms with Gasteiger partial charge in [-0.05, 0) is 34.6 Å². The predicted molar refractivity (Wildman–Crippen MR) is 69.4 cm³/mol. The Labute approximate surface area is 113 Å². The molecule has 19 heavy (non-hydrogen) atoms. The summed E-state index contributed by atoms with van der Waals surface area (Å²) in [5.74, 6) is 0.328. The maximum absolute atomic E-state index is 12.7. The molecule has 0 radical (unpaired) electrons. The minimum atomic E-state index is -3.59. The zero-order valence-corrected chi connectivity index (χ0v) is 12.7. The van der Waals surface area contributed by atoms with Crippen molar-refractivity contribution in [3.05, 3.63) is 11.5 Å². The van der Waals surface area contributed by atoms with E-state index in [0.29, 0.717) is 24.5 Å². The summed E-state index contributed by atoms with van der Waals surface area (Å²) < 4.78 is 37.5. The molecule has 0 saturated carbocycles. The van der Waals surface area contributed by atoms with Gasteiger partial charge in [-0.25, -0.2) is 8.42 Å². The molecule has 0 bridgehead atoms. The molecule has 108 valence electrons. The molecule has 0 aromatic carbocycles. The van der Waals surface area contributed by atoms with Crippen LogP contribution in [0, 0.1) is 13.8 Å². The molecule has 1 aromatic heterocycles. The van der Waals surface area contributed by atoms with Gasteiger partial charge >= 0.3 is 0 Å².